The number of anilines is 2. The van der Waals surface area contributed by atoms with Crippen molar-refractivity contribution >= 4 is 29.0 Å². The van der Waals surface area contributed by atoms with Crippen LogP contribution in [-0.2, 0) is 0 Å². The van der Waals surface area contributed by atoms with E-state index < -0.39 is 0 Å². The Morgan fingerprint density at radius 2 is 1.70 bits per heavy atom. The van der Waals surface area contributed by atoms with Crippen molar-refractivity contribution in [2.24, 2.45) is 0 Å². The van der Waals surface area contributed by atoms with E-state index in [0.29, 0.717) is 22.4 Å². The molecule has 1 heterocycles. The summed E-state index contributed by atoms with van der Waals surface area (Å²) in [4.78, 5) is 21.8. The largest absolute Gasteiger partial charge is 0.365 e. The van der Waals surface area contributed by atoms with Crippen LogP contribution in [0.15, 0.2) is 60.7 Å². The second kappa shape index (κ2) is 7.76. The van der Waals surface area contributed by atoms with E-state index in [4.69, 9.17) is 11.6 Å². The van der Waals surface area contributed by atoms with E-state index in [0.717, 1.165) is 5.56 Å². The summed E-state index contributed by atoms with van der Waals surface area (Å²) in [6.45, 7) is 6.09. The molecule has 1 aromatic heterocycles. The number of aromatic nitrogens is 2. The summed E-state index contributed by atoms with van der Waals surface area (Å²) in [5, 5.41) is 6.69. The van der Waals surface area contributed by atoms with Gasteiger partial charge in [-0.05, 0) is 39.0 Å². The number of nitrogens with one attached hydrogen (secondary N) is 2. The van der Waals surface area contributed by atoms with Gasteiger partial charge in [0.1, 0.15) is 11.5 Å². The first kappa shape index (κ1) is 18.9. The minimum atomic E-state index is -0.325. The smallest absolute Gasteiger partial charge is 0.274 e. The van der Waals surface area contributed by atoms with E-state index in [1.54, 1.807) is 30.3 Å². The van der Waals surface area contributed by atoms with E-state index in [9.17, 15) is 4.79 Å². The van der Waals surface area contributed by atoms with E-state index >= 15 is 0 Å². The standard InChI is InChI=1S/C21H21ClN4O/c1-21(2,3)26-18-13-17(20(27)23-16-11-7-10-15(22)12-16)24-19(25-18)14-8-5-4-6-9-14/h4-13H,1-3H3,(H,23,27)(H,24,25,26). The third-order valence-electron chi connectivity index (χ3n) is 3.58. The molecule has 1 amide bonds. The van der Waals surface area contributed by atoms with Gasteiger partial charge in [0, 0.05) is 27.9 Å². The summed E-state index contributed by atoms with van der Waals surface area (Å²) in [7, 11) is 0. The Bertz CT molecular complexity index is 952. The highest BCUT2D eigenvalue weighted by Crippen LogP contribution is 2.21. The molecule has 27 heavy (non-hydrogen) atoms. The van der Waals surface area contributed by atoms with Crippen molar-refractivity contribution in [2.75, 3.05) is 10.6 Å². The molecule has 0 aliphatic carbocycles. The molecule has 0 saturated carbocycles. The zero-order chi connectivity index (χ0) is 19.4. The van der Waals surface area contributed by atoms with Gasteiger partial charge in [-0.25, -0.2) is 9.97 Å². The van der Waals surface area contributed by atoms with Crippen molar-refractivity contribution in [2.45, 2.75) is 26.3 Å². The highest BCUT2D eigenvalue weighted by atomic mass is 35.5. The van der Waals surface area contributed by atoms with Gasteiger partial charge >= 0.3 is 0 Å². The molecule has 138 valence electrons. The summed E-state index contributed by atoms with van der Waals surface area (Å²) >= 11 is 5.99. The summed E-state index contributed by atoms with van der Waals surface area (Å²) in [5.41, 5.74) is 1.52. The molecule has 0 bridgehead atoms. The molecule has 0 atom stereocenters. The number of halogens is 1. The Balaban J connectivity index is 1.97. The molecule has 0 spiro atoms. The molecule has 0 unspecified atom stereocenters. The average molecular weight is 381 g/mol. The van der Waals surface area contributed by atoms with Gasteiger partial charge in [-0.2, -0.15) is 0 Å². The number of carbonyl (C=O) groups excluding carboxylic acids is 1. The molecular formula is C21H21ClN4O. The fourth-order valence-electron chi connectivity index (χ4n) is 2.49. The minimum Gasteiger partial charge on any atom is -0.365 e. The van der Waals surface area contributed by atoms with Crippen molar-refractivity contribution in [3.63, 3.8) is 0 Å². The maximum Gasteiger partial charge on any atom is 0.274 e. The van der Waals surface area contributed by atoms with Crippen molar-refractivity contribution in [1.29, 1.82) is 0 Å². The Labute approximate surface area is 163 Å². The SMILES string of the molecule is CC(C)(C)Nc1cc(C(=O)Nc2cccc(Cl)c2)nc(-c2ccccc2)n1. The third kappa shape index (κ3) is 5.28. The van der Waals surface area contributed by atoms with Crippen LogP contribution in [0.5, 0.6) is 0 Å². The van der Waals surface area contributed by atoms with E-state index in [1.807, 2.05) is 51.1 Å². The molecular weight excluding hydrogens is 360 g/mol. The van der Waals surface area contributed by atoms with Crippen LogP contribution < -0.4 is 10.6 Å². The highest BCUT2D eigenvalue weighted by Gasteiger charge is 2.17. The Hall–Kier alpha value is -2.92. The average Bonchev–Trinajstić information content (AvgIpc) is 2.61. The van der Waals surface area contributed by atoms with Crippen molar-refractivity contribution in [3.8, 4) is 11.4 Å². The van der Waals surface area contributed by atoms with Gasteiger partial charge in [0.15, 0.2) is 5.82 Å². The van der Waals surface area contributed by atoms with Crippen LogP contribution in [-0.4, -0.2) is 21.4 Å². The van der Waals surface area contributed by atoms with Crippen LogP contribution >= 0.6 is 11.6 Å². The summed E-state index contributed by atoms with van der Waals surface area (Å²) in [5.74, 6) is 0.752. The monoisotopic (exact) mass is 380 g/mol. The lowest BCUT2D eigenvalue weighted by atomic mass is 10.1. The second-order valence-corrected chi connectivity index (χ2v) is 7.60. The molecule has 0 aliphatic heterocycles. The van der Waals surface area contributed by atoms with E-state index in [1.165, 1.54) is 0 Å². The second-order valence-electron chi connectivity index (χ2n) is 7.17. The third-order valence-corrected chi connectivity index (χ3v) is 3.81. The first-order chi connectivity index (χ1) is 12.8. The topological polar surface area (TPSA) is 66.9 Å². The number of benzene rings is 2. The zero-order valence-electron chi connectivity index (χ0n) is 15.5. The van der Waals surface area contributed by atoms with Gasteiger partial charge < -0.3 is 10.6 Å². The number of amides is 1. The molecule has 0 fully saturated rings. The van der Waals surface area contributed by atoms with Crippen molar-refractivity contribution in [1.82, 2.24) is 9.97 Å². The van der Waals surface area contributed by atoms with E-state index in [-0.39, 0.29) is 17.1 Å². The molecule has 5 nitrogen and oxygen atoms in total. The Morgan fingerprint density at radius 1 is 0.963 bits per heavy atom. The molecule has 2 aromatic carbocycles. The van der Waals surface area contributed by atoms with Gasteiger partial charge in [0.25, 0.3) is 5.91 Å². The van der Waals surface area contributed by atoms with Crippen LogP contribution in [0.1, 0.15) is 31.3 Å². The summed E-state index contributed by atoms with van der Waals surface area (Å²) in [6.07, 6.45) is 0. The number of hydrogen-bond acceptors (Lipinski definition) is 4. The number of hydrogen-bond donors (Lipinski definition) is 2. The first-order valence-electron chi connectivity index (χ1n) is 8.60. The van der Waals surface area contributed by atoms with Crippen LogP contribution in [0, 0.1) is 0 Å². The van der Waals surface area contributed by atoms with Gasteiger partial charge in [0.05, 0.1) is 0 Å². The lowest BCUT2D eigenvalue weighted by Crippen LogP contribution is -2.27. The lowest BCUT2D eigenvalue weighted by molar-refractivity contribution is 0.102. The van der Waals surface area contributed by atoms with Gasteiger partial charge in [-0.15, -0.1) is 0 Å². The van der Waals surface area contributed by atoms with Crippen LogP contribution in [0.2, 0.25) is 5.02 Å². The summed E-state index contributed by atoms with van der Waals surface area (Å²) in [6, 6.07) is 18.2. The lowest BCUT2D eigenvalue weighted by Gasteiger charge is -2.22. The fraction of sp³-hybridized carbons (Fsp3) is 0.190. The molecule has 0 saturated heterocycles. The highest BCUT2D eigenvalue weighted by molar-refractivity contribution is 6.30. The molecule has 6 heteroatoms. The number of carbonyl (C=O) groups is 1. The van der Waals surface area contributed by atoms with Gasteiger partial charge in [-0.3, -0.25) is 4.79 Å². The number of nitrogens with zero attached hydrogens (tertiary/aromatic N) is 2. The molecule has 0 aliphatic rings. The summed E-state index contributed by atoms with van der Waals surface area (Å²) < 4.78 is 0. The quantitative estimate of drug-likeness (QED) is 0.647. The molecule has 3 rings (SSSR count). The molecule has 2 N–H and O–H groups in total. The maximum absolute atomic E-state index is 12.8. The van der Waals surface area contributed by atoms with Gasteiger partial charge in [0.2, 0.25) is 0 Å². The van der Waals surface area contributed by atoms with Crippen LogP contribution in [0.3, 0.4) is 0 Å². The molecule has 0 radical (unpaired) electrons. The normalized spacial score (nSPS) is 11.1. The Morgan fingerprint density at radius 3 is 2.37 bits per heavy atom. The van der Waals surface area contributed by atoms with Crippen LogP contribution in [0.4, 0.5) is 11.5 Å². The fourth-order valence-corrected chi connectivity index (χ4v) is 2.68. The first-order valence-corrected chi connectivity index (χ1v) is 8.97. The predicted octanol–water partition coefficient (Wildman–Crippen LogP) is 5.26. The predicted molar refractivity (Wildman–Crippen MR) is 110 cm³/mol. The number of rotatable bonds is 4. The van der Waals surface area contributed by atoms with Crippen molar-refractivity contribution in [3.05, 3.63) is 71.4 Å². The minimum absolute atomic E-state index is 0.205. The maximum atomic E-state index is 12.8. The molecule has 3 aromatic rings. The zero-order valence-corrected chi connectivity index (χ0v) is 16.2. The van der Waals surface area contributed by atoms with E-state index in [2.05, 4.69) is 20.6 Å². The van der Waals surface area contributed by atoms with Crippen LogP contribution in [0.25, 0.3) is 11.4 Å². The Kier molecular flexibility index (Phi) is 5.42. The van der Waals surface area contributed by atoms with Crippen molar-refractivity contribution < 1.29 is 4.79 Å². The van der Waals surface area contributed by atoms with Gasteiger partial charge in [-0.1, -0.05) is 48.0 Å².